The van der Waals surface area contributed by atoms with Crippen LogP contribution in [0.25, 0.3) is 6.08 Å². The maximum Gasteiger partial charge on any atom is 0.264 e. The minimum Gasteiger partial charge on any atom is -0.300 e. The van der Waals surface area contributed by atoms with Crippen molar-refractivity contribution < 1.29 is 4.79 Å². The highest BCUT2D eigenvalue weighted by atomic mass is 35.5. The first-order valence-electron chi connectivity index (χ1n) is 9.51. The fraction of sp³-hybridized carbons (Fsp3) is 0.0833. The average Bonchev–Trinajstić information content (AvgIpc) is 3.10. The number of amides is 1. The van der Waals surface area contributed by atoms with Crippen molar-refractivity contribution >= 4 is 58.0 Å². The second-order valence-electron chi connectivity index (χ2n) is 6.63. The third-order valence-corrected chi connectivity index (χ3v) is 6.63. The number of amidine groups is 1. The molecule has 0 unspecified atom stereocenters. The molecule has 3 nitrogen and oxygen atoms in total. The topological polar surface area (TPSA) is 41.5 Å². The van der Waals surface area contributed by atoms with E-state index in [9.17, 15) is 4.79 Å². The third kappa shape index (κ3) is 5.36. The van der Waals surface area contributed by atoms with Gasteiger partial charge >= 0.3 is 0 Å². The molecule has 30 heavy (non-hydrogen) atoms. The number of rotatable bonds is 5. The van der Waals surface area contributed by atoms with Crippen LogP contribution in [-0.2, 0) is 11.2 Å². The molecule has 0 atom stereocenters. The number of benzene rings is 3. The van der Waals surface area contributed by atoms with Crippen molar-refractivity contribution in [2.45, 2.75) is 23.1 Å². The van der Waals surface area contributed by atoms with Crippen molar-refractivity contribution in [2.75, 3.05) is 0 Å². The van der Waals surface area contributed by atoms with Crippen LogP contribution in [0.2, 0.25) is 5.02 Å². The van der Waals surface area contributed by atoms with Gasteiger partial charge in [0.2, 0.25) is 0 Å². The van der Waals surface area contributed by atoms with Crippen LogP contribution < -0.4 is 5.32 Å². The van der Waals surface area contributed by atoms with Crippen LogP contribution in [0.1, 0.15) is 18.1 Å². The van der Waals surface area contributed by atoms with Crippen molar-refractivity contribution in [3.63, 3.8) is 0 Å². The fourth-order valence-corrected chi connectivity index (χ4v) is 4.61. The fourth-order valence-electron chi connectivity index (χ4n) is 2.83. The van der Waals surface area contributed by atoms with Gasteiger partial charge < -0.3 is 5.32 Å². The number of carbonyl (C=O) groups is 1. The van der Waals surface area contributed by atoms with Gasteiger partial charge in [-0.2, -0.15) is 0 Å². The quantitative estimate of drug-likeness (QED) is 0.428. The molecule has 1 fully saturated rings. The van der Waals surface area contributed by atoms with Gasteiger partial charge in [0.15, 0.2) is 5.17 Å². The predicted octanol–water partition coefficient (Wildman–Crippen LogP) is 6.95. The zero-order valence-electron chi connectivity index (χ0n) is 16.3. The Morgan fingerprint density at radius 1 is 0.967 bits per heavy atom. The van der Waals surface area contributed by atoms with E-state index in [1.165, 1.54) is 17.3 Å². The van der Waals surface area contributed by atoms with Crippen LogP contribution in [0, 0.1) is 0 Å². The van der Waals surface area contributed by atoms with Crippen molar-refractivity contribution in [3.05, 3.63) is 93.9 Å². The summed E-state index contributed by atoms with van der Waals surface area (Å²) >= 11 is 8.97. The van der Waals surface area contributed by atoms with E-state index in [2.05, 4.69) is 29.4 Å². The van der Waals surface area contributed by atoms with E-state index >= 15 is 0 Å². The van der Waals surface area contributed by atoms with Gasteiger partial charge in [0.1, 0.15) is 0 Å². The summed E-state index contributed by atoms with van der Waals surface area (Å²) in [6.07, 6.45) is 2.88. The van der Waals surface area contributed by atoms with Crippen LogP contribution in [0.5, 0.6) is 0 Å². The molecule has 150 valence electrons. The highest BCUT2D eigenvalue weighted by Crippen LogP contribution is 2.31. The van der Waals surface area contributed by atoms with Gasteiger partial charge in [-0.15, -0.1) is 0 Å². The molecular weight excluding hydrogens is 432 g/mol. The number of thioether (sulfide) groups is 1. The van der Waals surface area contributed by atoms with Crippen molar-refractivity contribution in [2.24, 2.45) is 4.99 Å². The lowest BCUT2D eigenvalue weighted by Crippen LogP contribution is -2.19. The number of hydrogen-bond donors (Lipinski definition) is 1. The maximum atomic E-state index is 12.3. The highest BCUT2D eigenvalue weighted by Gasteiger charge is 2.23. The van der Waals surface area contributed by atoms with Crippen LogP contribution in [0.3, 0.4) is 0 Å². The van der Waals surface area contributed by atoms with Crippen molar-refractivity contribution in [1.29, 1.82) is 0 Å². The van der Waals surface area contributed by atoms with E-state index in [1.54, 1.807) is 11.8 Å². The Labute approximate surface area is 189 Å². The Morgan fingerprint density at radius 3 is 2.23 bits per heavy atom. The molecule has 4 rings (SSSR count). The number of aliphatic imine (C=N–C) groups is 1. The molecule has 1 amide bonds. The second-order valence-corrected chi connectivity index (χ2v) is 9.24. The molecule has 0 spiro atoms. The number of halogens is 1. The molecule has 1 aliphatic rings. The smallest absolute Gasteiger partial charge is 0.264 e. The number of hydrogen-bond acceptors (Lipinski definition) is 4. The SMILES string of the molecule is CCc1ccc(N=C2NC(=O)/C(=C/c3ccc(Sc4ccc(Cl)cc4)cc3)S2)cc1. The zero-order valence-corrected chi connectivity index (χ0v) is 18.7. The first kappa shape index (κ1) is 20.8. The molecular formula is C24H19ClN2OS2. The molecule has 3 aromatic rings. The standard InChI is InChI=1S/C24H19ClN2OS2/c1-2-16-3-9-19(10-4-16)26-24-27-23(28)22(30-24)15-17-5-11-20(12-6-17)29-21-13-7-18(25)8-14-21/h3-15H,2H2,1H3,(H,26,27,28)/b22-15-. The second kappa shape index (κ2) is 9.56. The van der Waals surface area contributed by atoms with E-state index in [0.717, 1.165) is 32.5 Å². The minimum absolute atomic E-state index is 0.122. The van der Waals surface area contributed by atoms with Gasteiger partial charge in [-0.05, 0) is 83.9 Å². The highest BCUT2D eigenvalue weighted by molar-refractivity contribution is 8.18. The van der Waals surface area contributed by atoms with Gasteiger partial charge in [-0.1, -0.05) is 54.6 Å². The van der Waals surface area contributed by atoms with E-state index in [1.807, 2.05) is 66.7 Å². The Bertz CT molecular complexity index is 1110. The summed E-state index contributed by atoms with van der Waals surface area (Å²) in [6, 6.07) is 23.9. The molecule has 0 bridgehead atoms. The molecule has 3 aromatic carbocycles. The van der Waals surface area contributed by atoms with Gasteiger partial charge in [0.05, 0.1) is 10.6 Å². The molecule has 0 aromatic heterocycles. The molecule has 1 N–H and O–H groups in total. The molecule has 6 heteroatoms. The third-order valence-electron chi connectivity index (χ3n) is 4.45. The molecule has 0 aliphatic carbocycles. The largest absolute Gasteiger partial charge is 0.300 e. The Kier molecular flexibility index (Phi) is 6.62. The van der Waals surface area contributed by atoms with E-state index in [0.29, 0.717) is 10.1 Å². The van der Waals surface area contributed by atoms with E-state index in [-0.39, 0.29) is 5.91 Å². The minimum atomic E-state index is -0.122. The van der Waals surface area contributed by atoms with E-state index < -0.39 is 0 Å². The summed E-state index contributed by atoms with van der Waals surface area (Å²) in [7, 11) is 0. The zero-order chi connectivity index (χ0) is 20.9. The van der Waals surface area contributed by atoms with Crippen LogP contribution >= 0.6 is 35.1 Å². The van der Waals surface area contributed by atoms with Gasteiger partial charge in [0, 0.05) is 14.8 Å². The van der Waals surface area contributed by atoms with Crippen molar-refractivity contribution in [3.8, 4) is 0 Å². The van der Waals surface area contributed by atoms with Crippen molar-refractivity contribution in [1.82, 2.24) is 5.32 Å². The number of nitrogens with one attached hydrogen (secondary N) is 1. The monoisotopic (exact) mass is 450 g/mol. The van der Waals surface area contributed by atoms with Crippen LogP contribution in [-0.4, -0.2) is 11.1 Å². The molecule has 0 radical (unpaired) electrons. The van der Waals surface area contributed by atoms with Crippen LogP contribution in [0.15, 0.2) is 92.5 Å². The Balaban J connectivity index is 1.44. The lowest BCUT2D eigenvalue weighted by atomic mass is 10.2. The van der Waals surface area contributed by atoms with Crippen LogP contribution in [0.4, 0.5) is 5.69 Å². The summed E-state index contributed by atoms with van der Waals surface area (Å²) in [4.78, 5) is 19.7. The normalized spacial score (nSPS) is 16.3. The first-order chi connectivity index (χ1) is 14.6. The maximum absolute atomic E-state index is 12.3. The summed E-state index contributed by atoms with van der Waals surface area (Å²) in [5.74, 6) is -0.122. The Hall–Kier alpha value is -2.47. The molecule has 1 saturated heterocycles. The lowest BCUT2D eigenvalue weighted by molar-refractivity contribution is -0.115. The average molecular weight is 451 g/mol. The Morgan fingerprint density at radius 2 is 1.60 bits per heavy atom. The van der Waals surface area contributed by atoms with Gasteiger partial charge in [-0.25, -0.2) is 4.99 Å². The summed E-state index contributed by atoms with van der Waals surface area (Å²) in [5.41, 5.74) is 3.07. The molecule has 1 aliphatic heterocycles. The van der Waals surface area contributed by atoms with Gasteiger partial charge in [0.25, 0.3) is 5.91 Å². The molecule has 1 heterocycles. The lowest BCUT2D eigenvalue weighted by Gasteiger charge is -2.03. The number of aryl methyl sites for hydroxylation is 1. The number of nitrogens with zero attached hydrogens (tertiary/aromatic N) is 1. The summed E-state index contributed by atoms with van der Waals surface area (Å²) in [5, 5.41) is 4.17. The predicted molar refractivity (Wildman–Crippen MR) is 129 cm³/mol. The van der Waals surface area contributed by atoms with Gasteiger partial charge in [-0.3, -0.25) is 4.79 Å². The first-order valence-corrected chi connectivity index (χ1v) is 11.5. The van der Waals surface area contributed by atoms with E-state index in [4.69, 9.17) is 11.6 Å². The number of carbonyl (C=O) groups excluding carboxylic acids is 1. The summed E-state index contributed by atoms with van der Waals surface area (Å²) < 4.78 is 0. The summed E-state index contributed by atoms with van der Waals surface area (Å²) in [6.45, 7) is 2.12. The molecule has 0 saturated carbocycles.